The molecule has 0 saturated carbocycles. The minimum atomic E-state index is -0.362. The summed E-state index contributed by atoms with van der Waals surface area (Å²) >= 11 is 0. The third-order valence-electron chi connectivity index (χ3n) is 4.80. The molecule has 2 aromatic carbocycles. The Labute approximate surface area is 159 Å². The fraction of sp³-hybridized carbons (Fsp3) is 0.364. The van der Waals surface area contributed by atoms with Gasteiger partial charge in [0.05, 0.1) is 0 Å². The van der Waals surface area contributed by atoms with E-state index in [9.17, 15) is 14.0 Å². The lowest BCUT2D eigenvalue weighted by atomic mass is 9.98. The summed E-state index contributed by atoms with van der Waals surface area (Å²) in [4.78, 5) is 26.9. The van der Waals surface area contributed by atoms with Gasteiger partial charge in [-0.05, 0) is 73.2 Å². The third kappa shape index (κ3) is 4.54. The molecule has 0 aliphatic carbocycles. The maximum Gasteiger partial charge on any atom is 0.258 e. The monoisotopic (exact) mass is 368 g/mol. The van der Waals surface area contributed by atoms with E-state index in [0.717, 1.165) is 30.5 Å². The molecule has 142 valence electrons. The number of aryl methyl sites for hydroxylation is 1. The Morgan fingerprint density at radius 2 is 1.81 bits per heavy atom. The number of fused-ring (bicyclic) bond motifs is 1. The Bertz CT molecular complexity index is 831. The van der Waals surface area contributed by atoms with Crippen LogP contribution in [-0.4, -0.2) is 24.9 Å². The number of hydrogen-bond donors (Lipinski definition) is 1. The van der Waals surface area contributed by atoms with Crippen LogP contribution in [0.3, 0.4) is 0 Å². The molecule has 1 aliphatic rings. The summed E-state index contributed by atoms with van der Waals surface area (Å²) < 4.78 is 13.1. The standard InChI is InChI=1S/C22H25FN2O2/c1-15(2)11-12-24-21(26)18-7-10-20-17(14-18)4-3-13-25(20)22(27)16-5-8-19(23)9-6-16/h5-10,14-15H,3-4,11-13H2,1-2H3,(H,24,26). The molecule has 0 saturated heterocycles. The van der Waals surface area contributed by atoms with E-state index in [4.69, 9.17) is 0 Å². The summed E-state index contributed by atoms with van der Waals surface area (Å²) in [5.41, 5.74) is 2.90. The Kier molecular flexibility index (Phi) is 5.89. The van der Waals surface area contributed by atoms with E-state index < -0.39 is 0 Å². The smallest absolute Gasteiger partial charge is 0.258 e. The molecule has 0 fully saturated rings. The van der Waals surface area contributed by atoms with Gasteiger partial charge in [-0.2, -0.15) is 0 Å². The Hall–Kier alpha value is -2.69. The zero-order valence-corrected chi connectivity index (χ0v) is 15.8. The van der Waals surface area contributed by atoms with Gasteiger partial charge in [-0.1, -0.05) is 13.8 Å². The first kappa shape index (κ1) is 19.1. The normalized spacial score (nSPS) is 13.4. The van der Waals surface area contributed by atoms with Gasteiger partial charge in [0.25, 0.3) is 11.8 Å². The van der Waals surface area contributed by atoms with Crippen LogP contribution in [0.15, 0.2) is 42.5 Å². The fourth-order valence-corrected chi connectivity index (χ4v) is 3.27. The minimum absolute atomic E-state index is 0.0829. The number of hydrogen-bond acceptors (Lipinski definition) is 2. The molecule has 27 heavy (non-hydrogen) atoms. The number of carbonyl (C=O) groups excluding carboxylic acids is 2. The van der Waals surface area contributed by atoms with Crippen LogP contribution in [-0.2, 0) is 6.42 Å². The van der Waals surface area contributed by atoms with E-state index >= 15 is 0 Å². The SMILES string of the molecule is CC(C)CCNC(=O)c1ccc2c(c1)CCCN2C(=O)c1ccc(F)cc1. The van der Waals surface area contributed by atoms with Crippen molar-refractivity contribution in [2.75, 3.05) is 18.0 Å². The van der Waals surface area contributed by atoms with Crippen molar-refractivity contribution in [1.82, 2.24) is 5.32 Å². The number of amides is 2. The average Bonchev–Trinajstić information content (AvgIpc) is 2.66. The summed E-state index contributed by atoms with van der Waals surface area (Å²) in [6.45, 7) is 5.52. The second-order valence-corrected chi connectivity index (χ2v) is 7.35. The van der Waals surface area contributed by atoms with Gasteiger partial charge in [-0.25, -0.2) is 4.39 Å². The number of benzene rings is 2. The topological polar surface area (TPSA) is 49.4 Å². The van der Waals surface area contributed by atoms with Crippen LogP contribution in [0.5, 0.6) is 0 Å². The summed E-state index contributed by atoms with van der Waals surface area (Å²) in [5, 5.41) is 2.95. The number of anilines is 1. The molecular formula is C22H25FN2O2. The lowest BCUT2D eigenvalue weighted by Crippen LogP contribution is -2.35. The zero-order chi connectivity index (χ0) is 19.4. The minimum Gasteiger partial charge on any atom is -0.352 e. The van der Waals surface area contributed by atoms with Gasteiger partial charge in [-0.3, -0.25) is 9.59 Å². The van der Waals surface area contributed by atoms with Crippen LogP contribution in [0.1, 0.15) is 53.0 Å². The average molecular weight is 368 g/mol. The Balaban J connectivity index is 1.77. The molecule has 0 radical (unpaired) electrons. The van der Waals surface area contributed by atoms with E-state index in [1.54, 1.807) is 11.0 Å². The third-order valence-corrected chi connectivity index (χ3v) is 4.80. The van der Waals surface area contributed by atoms with Crippen molar-refractivity contribution in [2.45, 2.75) is 33.1 Å². The van der Waals surface area contributed by atoms with Gasteiger partial charge in [0, 0.05) is 29.9 Å². The summed E-state index contributed by atoms with van der Waals surface area (Å²) in [6.07, 6.45) is 2.60. The maximum atomic E-state index is 13.1. The summed E-state index contributed by atoms with van der Waals surface area (Å²) in [6, 6.07) is 11.1. The number of nitrogens with one attached hydrogen (secondary N) is 1. The molecule has 0 atom stereocenters. The predicted molar refractivity (Wildman–Crippen MR) is 105 cm³/mol. The lowest BCUT2D eigenvalue weighted by Gasteiger charge is -2.30. The highest BCUT2D eigenvalue weighted by atomic mass is 19.1. The first-order valence-corrected chi connectivity index (χ1v) is 9.44. The molecule has 1 aliphatic heterocycles. The number of nitrogens with zero attached hydrogens (tertiary/aromatic N) is 1. The van der Waals surface area contributed by atoms with Crippen molar-refractivity contribution >= 4 is 17.5 Å². The molecule has 1 heterocycles. The number of halogens is 1. The van der Waals surface area contributed by atoms with E-state index in [2.05, 4.69) is 19.2 Å². The van der Waals surface area contributed by atoms with Gasteiger partial charge in [-0.15, -0.1) is 0 Å². The van der Waals surface area contributed by atoms with Crippen LogP contribution in [0.2, 0.25) is 0 Å². The highest BCUT2D eigenvalue weighted by Gasteiger charge is 2.24. The number of rotatable bonds is 5. The molecule has 4 nitrogen and oxygen atoms in total. The first-order chi connectivity index (χ1) is 13.0. The lowest BCUT2D eigenvalue weighted by molar-refractivity contribution is 0.0951. The Morgan fingerprint density at radius 3 is 2.52 bits per heavy atom. The van der Waals surface area contributed by atoms with Crippen LogP contribution < -0.4 is 10.2 Å². The highest BCUT2D eigenvalue weighted by Crippen LogP contribution is 2.29. The van der Waals surface area contributed by atoms with Crippen LogP contribution in [0.4, 0.5) is 10.1 Å². The summed E-state index contributed by atoms with van der Waals surface area (Å²) in [7, 11) is 0. The van der Waals surface area contributed by atoms with Gasteiger partial charge >= 0.3 is 0 Å². The Morgan fingerprint density at radius 1 is 1.11 bits per heavy atom. The number of carbonyl (C=O) groups is 2. The molecule has 0 aromatic heterocycles. The molecular weight excluding hydrogens is 343 g/mol. The quantitative estimate of drug-likeness (QED) is 0.860. The second kappa shape index (κ2) is 8.33. The van der Waals surface area contributed by atoms with Crippen LogP contribution >= 0.6 is 0 Å². The van der Waals surface area contributed by atoms with E-state index in [-0.39, 0.29) is 17.6 Å². The largest absolute Gasteiger partial charge is 0.352 e. The zero-order valence-electron chi connectivity index (χ0n) is 15.8. The molecule has 2 aromatic rings. The molecule has 0 bridgehead atoms. The molecule has 2 amide bonds. The van der Waals surface area contributed by atoms with Gasteiger partial charge in [0.1, 0.15) is 5.82 Å². The van der Waals surface area contributed by atoms with E-state index in [0.29, 0.717) is 30.1 Å². The van der Waals surface area contributed by atoms with Crippen molar-refractivity contribution in [1.29, 1.82) is 0 Å². The van der Waals surface area contributed by atoms with Crippen molar-refractivity contribution < 1.29 is 14.0 Å². The van der Waals surface area contributed by atoms with Crippen molar-refractivity contribution in [3.8, 4) is 0 Å². The summed E-state index contributed by atoms with van der Waals surface area (Å²) in [5.74, 6) is -0.0518. The first-order valence-electron chi connectivity index (χ1n) is 9.44. The molecule has 1 N–H and O–H groups in total. The van der Waals surface area contributed by atoms with Crippen molar-refractivity contribution in [3.05, 3.63) is 65.0 Å². The molecule has 0 unspecified atom stereocenters. The van der Waals surface area contributed by atoms with Crippen molar-refractivity contribution in [3.63, 3.8) is 0 Å². The fourth-order valence-electron chi connectivity index (χ4n) is 3.27. The van der Waals surface area contributed by atoms with Crippen LogP contribution in [0.25, 0.3) is 0 Å². The molecule has 3 rings (SSSR count). The second-order valence-electron chi connectivity index (χ2n) is 7.35. The van der Waals surface area contributed by atoms with Gasteiger partial charge in [0.15, 0.2) is 0 Å². The highest BCUT2D eigenvalue weighted by molar-refractivity contribution is 6.07. The maximum absolute atomic E-state index is 13.1. The van der Waals surface area contributed by atoms with Gasteiger partial charge in [0.2, 0.25) is 0 Å². The predicted octanol–water partition coefficient (Wildman–Crippen LogP) is 4.19. The van der Waals surface area contributed by atoms with E-state index in [1.165, 1.54) is 24.3 Å². The molecule has 5 heteroatoms. The van der Waals surface area contributed by atoms with E-state index in [1.807, 2.05) is 12.1 Å². The van der Waals surface area contributed by atoms with Gasteiger partial charge < -0.3 is 10.2 Å². The van der Waals surface area contributed by atoms with Crippen molar-refractivity contribution in [2.24, 2.45) is 5.92 Å². The van der Waals surface area contributed by atoms with Crippen LogP contribution in [0, 0.1) is 11.7 Å². The molecule has 0 spiro atoms.